The van der Waals surface area contributed by atoms with Crippen LogP contribution in [-0.4, -0.2) is 24.5 Å². The zero-order chi connectivity index (χ0) is 13.5. The molecule has 0 spiro atoms. The zero-order valence-corrected chi connectivity index (χ0v) is 11.9. The maximum Gasteiger partial charge on any atom is 0.0555 e. The molecule has 2 rings (SSSR count). The first-order chi connectivity index (χ1) is 9.29. The van der Waals surface area contributed by atoms with Crippen LogP contribution in [0.2, 0.25) is 0 Å². The highest BCUT2D eigenvalue weighted by Crippen LogP contribution is 2.19. The van der Waals surface area contributed by atoms with E-state index in [-0.39, 0.29) is 0 Å². The smallest absolute Gasteiger partial charge is 0.0555 e. The van der Waals surface area contributed by atoms with E-state index in [4.69, 9.17) is 5.73 Å². The summed E-state index contributed by atoms with van der Waals surface area (Å²) in [5, 5.41) is 0. The Bertz CT molecular complexity index is 456. The van der Waals surface area contributed by atoms with E-state index in [1.54, 1.807) is 0 Å². The van der Waals surface area contributed by atoms with E-state index < -0.39 is 0 Å². The number of hydrogen-bond donors (Lipinski definition) is 1. The number of nitrogens with zero attached hydrogens (tertiary/aromatic N) is 1. The summed E-state index contributed by atoms with van der Waals surface area (Å²) in [7, 11) is 0. The van der Waals surface area contributed by atoms with Gasteiger partial charge >= 0.3 is 0 Å². The molecular weight excluding hydrogens is 232 g/mol. The van der Waals surface area contributed by atoms with Gasteiger partial charge in [0.25, 0.3) is 0 Å². The molecule has 1 aromatic rings. The first-order valence-corrected chi connectivity index (χ1v) is 7.29. The summed E-state index contributed by atoms with van der Waals surface area (Å²) in [4.78, 5) is 2.56. The third kappa shape index (κ3) is 4.38. The molecule has 1 saturated heterocycles. The standard InChI is InChI=1S/C17H24N2/c1-15-6-5-12-19(13-10-15)14-17-8-3-2-7-16(17)9-4-11-18/h2-3,7-8,15H,5-6,10-14,18H2,1H3. The Labute approximate surface area is 117 Å². The second-order valence-corrected chi connectivity index (χ2v) is 5.48. The summed E-state index contributed by atoms with van der Waals surface area (Å²) < 4.78 is 0. The predicted octanol–water partition coefficient (Wildman–Crippen LogP) is 2.62. The molecule has 1 aromatic carbocycles. The average Bonchev–Trinajstić information content (AvgIpc) is 2.63. The van der Waals surface area contributed by atoms with Gasteiger partial charge in [-0.05, 0) is 49.9 Å². The van der Waals surface area contributed by atoms with Crippen LogP contribution in [0.5, 0.6) is 0 Å². The van der Waals surface area contributed by atoms with Gasteiger partial charge in [0.05, 0.1) is 6.54 Å². The van der Waals surface area contributed by atoms with Gasteiger partial charge in [-0.3, -0.25) is 4.90 Å². The lowest BCUT2D eigenvalue weighted by Gasteiger charge is -2.20. The summed E-state index contributed by atoms with van der Waals surface area (Å²) >= 11 is 0. The van der Waals surface area contributed by atoms with Gasteiger partial charge in [-0.2, -0.15) is 0 Å². The molecule has 2 N–H and O–H groups in total. The van der Waals surface area contributed by atoms with Gasteiger partial charge in [0, 0.05) is 12.1 Å². The first-order valence-electron chi connectivity index (χ1n) is 7.29. The summed E-state index contributed by atoms with van der Waals surface area (Å²) in [6, 6.07) is 8.44. The Hall–Kier alpha value is -1.30. The van der Waals surface area contributed by atoms with Crippen LogP contribution in [0.4, 0.5) is 0 Å². The highest BCUT2D eigenvalue weighted by Gasteiger charge is 2.14. The summed E-state index contributed by atoms with van der Waals surface area (Å²) in [5.74, 6) is 7.02. The largest absolute Gasteiger partial charge is 0.320 e. The molecule has 0 radical (unpaired) electrons. The van der Waals surface area contributed by atoms with Crippen molar-refractivity contribution in [3.05, 3.63) is 35.4 Å². The van der Waals surface area contributed by atoms with Crippen molar-refractivity contribution < 1.29 is 0 Å². The van der Waals surface area contributed by atoms with Crippen LogP contribution in [0, 0.1) is 17.8 Å². The monoisotopic (exact) mass is 256 g/mol. The SMILES string of the molecule is CC1CCCN(Cc2ccccc2C#CCN)CC1. The third-order valence-electron chi connectivity index (χ3n) is 3.85. The van der Waals surface area contributed by atoms with Crippen molar-refractivity contribution >= 4 is 0 Å². The molecule has 1 atom stereocenters. The molecule has 2 nitrogen and oxygen atoms in total. The maximum atomic E-state index is 5.46. The molecule has 0 aliphatic carbocycles. The molecule has 102 valence electrons. The minimum atomic E-state index is 0.426. The van der Waals surface area contributed by atoms with Crippen molar-refractivity contribution in [3.8, 4) is 11.8 Å². The molecule has 0 bridgehead atoms. The number of hydrogen-bond acceptors (Lipinski definition) is 2. The van der Waals surface area contributed by atoms with Gasteiger partial charge in [-0.25, -0.2) is 0 Å². The summed E-state index contributed by atoms with van der Waals surface area (Å²) in [6.07, 6.45) is 4.00. The van der Waals surface area contributed by atoms with Gasteiger partial charge in [0.2, 0.25) is 0 Å². The highest BCUT2D eigenvalue weighted by atomic mass is 15.1. The van der Waals surface area contributed by atoms with Crippen LogP contribution in [0.15, 0.2) is 24.3 Å². The number of nitrogens with two attached hydrogens (primary N) is 1. The molecule has 0 amide bonds. The lowest BCUT2D eigenvalue weighted by atomic mass is 10.0. The molecule has 1 aliphatic heterocycles. The molecular formula is C17H24N2. The van der Waals surface area contributed by atoms with Crippen molar-refractivity contribution in [1.82, 2.24) is 4.90 Å². The quantitative estimate of drug-likeness (QED) is 0.824. The molecule has 1 unspecified atom stereocenters. The first kappa shape index (κ1) is 14.1. The molecule has 2 heteroatoms. The van der Waals surface area contributed by atoms with E-state index in [0.717, 1.165) is 18.0 Å². The van der Waals surface area contributed by atoms with Crippen LogP contribution >= 0.6 is 0 Å². The topological polar surface area (TPSA) is 29.3 Å². The second kappa shape index (κ2) is 7.33. The van der Waals surface area contributed by atoms with E-state index in [2.05, 4.69) is 47.9 Å². The zero-order valence-electron chi connectivity index (χ0n) is 11.9. The Morgan fingerprint density at radius 2 is 2.11 bits per heavy atom. The van der Waals surface area contributed by atoms with Gasteiger partial charge in [-0.1, -0.05) is 37.0 Å². The van der Waals surface area contributed by atoms with Crippen LogP contribution in [0.25, 0.3) is 0 Å². The minimum Gasteiger partial charge on any atom is -0.320 e. The van der Waals surface area contributed by atoms with Crippen molar-refractivity contribution in [2.24, 2.45) is 11.7 Å². The van der Waals surface area contributed by atoms with E-state index in [1.165, 1.54) is 37.9 Å². The second-order valence-electron chi connectivity index (χ2n) is 5.48. The van der Waals surface area contributed by atoms with Crippen LogP contribution in [-0.2, 0) is 6.54 Å². The molecule has 19 heavy (non-hydrogen) atoms. The van der Waals surface area contributed by atoms with Crippen LogP contribution in [0.1, 0.15) is 37.3 Å². The lowest BCUT2D eigenvalue weighted by Crippen LogP contribution is -2.24. The van der Waals surface area contributed by atoms with E-state index in [9.17, 15) is 0 Å². The van der Waals surface area contributed by atoms with Crippen molar-refractivity contribution in [2.75, 3.05) is 19.6 Å². The van der Waals surface area contributed by atoms with E-state index >= 15 is 0 Å². The van der Waals surface area contributed by atoms with Gasteiger partial charge in [0.1, 0.15) is 0 Å². The predicted molar refractivity (Wildman–Crippen MR) is 80.7 cm³/mol. The van der Waals surface area contributed by atoms with Crippen LogP contribution in [0.3, 0.4) is 0 Å². The average molecular weight is 256 g/mol. The van der Waals surface area contributed by atoms with Gasteiger partial charge in [0.15, 0.2) is 0 Å². The molecule has 1 heterocycles. The fourth-order valence-electron chi connectivity index (χ4n) is 2.65. The Kier molecular flexibility index (Phi) is 5.44. The molecule has 0 aromatic heterocycles. The summed E-state index contributed by atoms with van der Waals surface area (Å²) in [6.45, 7) is 6.23. The number of rotatable bonds is 2. The van der Waals surface area contributed by atoms with Crippen molar-refractivity contribution in [2.45, 2.75) is 32.7 Å². The molecule has 1 fully saturated rings. The number of benzene rings is 1. The molecule has 1 aliphatic rings. The van der Waals surface area contributed by atoms with Gasteiger partial charge < -0.3 is 5.73 Å². The fraction of sp³-hybridized carbons (Fsp3) is 0.529. The van der Waals surface area contributed by atoms with Crippen molar-refractivity contribution in [3.63, 3.8) is 0 Å². The Morgan fingerprint density at radius 1 is 1.26 bits per heavy atom. The third-order valence-corrected chi connectivity index (χ3v) is 3.85. The summed E-state index contributed by atoms with van der Waals surface area (Å²) in [5.41, 5.74) is 7.92. The van der Waals surface area contributed by atoms with Gasteiger partial charge in [-0.15, -0.1) is 0 Å². The normalized spacial score (nSPS) is 20.4. The van der Waals surface area contributed by atoms with Crippen molar-refractivity contribution in [1.29, 1.82) is 0 Å². The Balaban J connectivity index is 2.05. The molecule has 0 saturated carbocycles. The van der Waals surface area contributed by atoms with E-state index in [0.29, 0.717) is 6.54 Å². The van der Waals surface area contributed by atoms with Crippen LogP contribution < -0.4 is 5.73 Å². The lowest BCUT2D eigenvalue weighted by molar-refractivity contribution is 0.273. The van der Waals surface area contributed by atoms with E-state index in [1.807, 2.05) is 0 Å². The minimum absolute atomic E-state index is 0.426. The number of likely N-dealkylation sites (tertiary alicyclic amines) is 1. The maximum absolute atomic E-state index is 5.46. The highest BCUT2D eigenvalue weighted by molar-refractivity contribution is 5.41. The Morgan fingerprint density at radius 3 is 2.95 bits per heavy atom. The fourth-order valence-corrected chi connectivity index (χ4v) is 2.65.